The highest BCUT2D eigenvalue weighted by atomic mass is 35.5. The summed E-state index contributed by atoms with van der Waals surface area (Å²) in [4.78, 5) is 3.71. The molecule has 0 bridgehead atoms. The van der Waals surface area contributed by atoms with Crippen LogP contribution >= 0.6 is 23.2 Å². The third kappa shape index (κ3) is 2.16. The molecule has 1 aromatic rings. The van der Waals surface area contributed by atoms with Crippen molar-refractivity contribution in [2.45, 2.75) is 18.0 Å². The minimum Gasteiger partial charge on any atom is -0.296 e. The van der Waals surface area contributed by atoms with E-state index in [1.807, 2.05) is 0 Å². The molecule has 1 nitrogen and oxygen atoms in total. The molecular weight excluding hydrogens is 274 g/mol. The van der Waals surface area contributed by atoms with Gasteiger partial charge in [0.1, 0.15) is 5.41 Å². The summed E-state index contributed by atoms with van der Waals surface area (Å²) in [5.74, 6) is 0. The van der Waals surface area contributed by atoms with Crippen LogP contribution in [0.5, 0.6) is 0 Å². The Morgan fingerprint density at radius 3 is 2.12 bits per heavy atom. The zero-order valence-electron chi connectivity index (χ0n) is 8.56. The standard InChI is InChI=1S/C11H8Cl2F3N/c12-8-3-7(4-9(13)5-8)10(11(14,15)16)1-2-17-6-10/h2-5H,1,6H2/t10-/m0/s1. The van der Waals surface area contributed by atoms with E-state index in [0.29, 0.717) is 0 Å². The summed E-state index contributed by atoms with van der Waals surface area (Å²) in [6.07, 6.45) is -3.26. The van der Waals surface area contributed by atoms with Crippen molar-refractivity contribution < 1.29 is 13.2 Å². The van der Waals surface area contributed by atoms with Gasteiger partial charge in [0, 0.05) is 22.7 Å². The van der Waals surface area contributed by atoms with Crippen molar-refractivity contribution in [3.05, 3.63) is 33.8 Å². The number of nitrogens with zero attached hydrogens (tertiary/aromatic N) is 1. The second kappa shape index (κ2) is 4.18. The molecule has 0 N–H and O–H groups in total. The van der Waals surface area contributed by atoms with Crippen molar-refractivity contribution in [2.24, 2.45) is 4.99 Å². The van der Waals surface area contributed by atoms with Crippen LogP contribution in [-0.2, 0) is 5.41 Å². The highest BCUT2D eigenvalue weighted by molar-refractivity contribution is 6.34. The summed E-state index contributed by atoms with van der Waals surface area (Å²) in [5, 5.41) is 0.394. The van der Waals surface area contributed by atoms with Gasteiger partial charge in [0.2, 0.25) is 0 Å². The lowest BCUT2D eigenvalue weighted by Gasteiger charge is -2.31. The summed E-state index contributed by atoms with van der Waals surface area (Å²) < 4.78 is 39.6. The number of hydrogen-bond donors (Lipinski definition) is 0. The van der Waals surface area contributed by atoms with Gasteiger partial charge in [-0.1, -0.05) is 23.2 Å². The molecule has 1 atom stereocenters. The fraction of sp³-hybridized carbons (Fsp3) is 0.364. The van der Waals surface area contributed by atoms with Gasteiger partial charge >= 0.3 is 6.18 Å². The van der Waals surface area contributed by atoms with E-state index in [9.17, 15) is 13.2 Å². The monoisotopic (exact) mass is 281 g/mol. The topological polar surface area (TPSA) is 12.4 Å². The number of alkyl halides is 3. The number of benzene rings is 1. The Labute approximate surface area is 106 Å². The van der Waals surface area contributed by atoms with Gasteiger partial charge < -0.3 is 0 Å². The quantitative estimate of drug-likeness (QED) is 0.729. The van der Waals surface area contributed by atoms with Crippen molar-refractivity contribution in [3.8, 4) is 0 Å². The summed E-state index contributed by atoms with van der Waals surface area (Å²) >= 11 is 11.5. The van der Waals surface area contributed by atoms with Crippen LogP contribution in [0.25, 0.3) is 0 Å². The van der Waals surface area contributed by atoms with E-state index in [4.69, 9.17) is 23.2 Å². The average molecular weight is 282 g/mol. The van der Waals surface area contributed by atoms with Gasteiger partial charge in [0.15, 0.2) is 0 Å². The third-order valence-corrected chi connectivity index (χ3v) is 3.32. The summed E-state index contributed by atoms with van der Waals surface area (Å²) in [7, 11) is 0. The predicted molar refractivity (Wildman–Crippen MR) is 62.2 cm³/mol. The van der Waals surface area contributed by atoms with E-state index in [0.717, 1.165) is 0 Å². The minimum absolute atomic E-state index is 0.0694. The lowest BCUT2D eigenvalue weighted by atomic mass is 9.78. The zero-order chi connectivity index (χ0) is 12.7. The van der Waals surface area contributed by atoms with Crippen LogP contribution in [0.15, 0.2) is 23.2 Å². The molecule has 0 aromatic heterocycles. The summed E-state index contributed by atoms with van der Waals surface area (Å²) in [6.45, 7) is -0.312. The molecule has 0 aliphatic carbocycles. The van der Waals surface area contributed by atoms with Crippen LogP contribution in [0, 0.1) is 0 Å². The van der Waals surface area contributed by atoms with E-state index in [2.05, 4.69) is 4.99 Å². The predicted octanol–water partition coefficient (Wildman–Crippen LogP) is 4.27. The van der Waals surface area contributed by atoms with Crippen LogP contribution in [0.3, 0.4) is 0 Å². The van der Waals surface area contributed by atoms with Crippen molar-refractivity contribution in [2.75, 3.05) is 6.54 Å². The van der Waals surface area contributed by atoms with Crippen molar-refractivity contribution in [1.29, 1.82) is 0 Å². The normalized spacial score (nSPS) is 24.3. The van der Waals surface area contributed by atoms with E-state index in [1.165, 1.54) is 24.4 Å². The van der Waals surface area contributed by atoms with Gasteiger partial charge in [0.25, 0.3) is 0 Å². The second-order valence-corrected chi connectivity index (χ2v) is 4.84. The Hall–Kier alpha value is -0.740. The highest BCUT2D eigenvalue weighted by Crippen LogP contribution is 2.46. The van der Waals surface area contributed by atoms with E-state index in [-0.39, 0.29) is 28.6 Å². The van der Waals surface area contributed by atoms with E-state index >= 15 is 0 Å². The molecule has 0 saturated carbocycles. The molecule has 0 amide bonds. The molecule has 0 fully saturated rings. The Balaban J connectivity index is 2.54. The molecule has 1 heterocycles. The Bertz CT molecular complexity index is 440. The maximum atomic E-state index is 13.2. The first kappa shape index (κ1) is 12.7. The first-order valence-electron chi connectivity index (χ1n) is 4.87. The lowest BCUT2D eigenvalue weighted by Crippen LogP contribution is -2.43. The molecule has 17 heavy (non-hydrogen) atoms. The molecule has 0 saturated heterocycles. The molecule has 0 radical (unpaired) electrons. The second-order valence-electron chi connectivity index (χ2n) is 3.97. The third-order valence-electron chi connectivity index (χ3n) is 2.89. The summed E-state index contributed by atoms with van der Waals surface area (Å²) in [5.41, 5.74) is -1.92. The molecule has 2 rings (SSSR count). The number of rotatable bonds is 1. The molecular formula is C11H8Cl2F3N. The SMILES string of the molecule is FC(F)(F)[C@@]1(c2cc(Cl)cc(Cl)c2)CC=NC1. The maximum absolute atomic E-state index is 13.2. The first-order chi connectivity index (χ1) is 7.85. The van der Waals surface area contributed by atoms with Crippen molar-refractivity contribution in [3.63, 3.8) is 0 Å². The van der Waals surface area contributed by atoms with E-state index < -0.39 is 11.6 Å². The largest absolute Gasteiger partial charge is 0.400 e. The first-order valence-corrected chi connectivity index (χ1v) is 5.62. The number of halogens is 5. The average Bonchev–Trinajstić information content (AvgIpc) is 2.64. The fourth-order valence-electron chi connectivity index (χ4n) is 1.91. The van der Waals surface area contributed by atoms with Gasteiger partial charge in [-0.15, -0.1) is 0 Å². The number of hydrogen-bond acceptors (Lipinski definition) is 1. The van der Waals surface area contributed by atoms with Crippen LogP contribution in [0.4, 0.5) is 13.2 Å². The number of aliphatic imine (C=N–C) groups is 1. The highest BCUT2D eigenvalue weighted by Gasteiger charge is 2.56. The van der Waals surface area contributed by atoms with Crippen LogP contribution in [-0.4, -0.2) is 18.9 Å². The minimum atomic E-state index is -4.38. The zero-order valence-corrected chi connectivity index (χ0v) is 10.1. The molecule has 0 unspecified atom stereocenters. The van der Waals surface area contributed by atoms with Gasteiger partial charge in [-0.25, -0.2) is 0 Å². The van der Waals surface area contributed by atoms with Crippen LogP contribution < -0.4 is 0 Å². The van der Waals surface area contributed by atoms with Gasteiger partial charge in [-0.3, -0.25) is 4.99 Å². The Kier molecular flexibility index (Phi) is 3.12. The van der Waals surface area contributed by atoms with Gasteiger partial charge in [-0.2, -0.15) is 13.2 Å². The van der Waals surface area contributed by atoms with Gasteiger partial charge in [0.05, 0.1) is 6.54 Å². The van der Waals surface area contributed by atoms with Crippen LogP contribution in [0.2, 0.25) is 10.0 Å². The van der Waals surface area contributed by atoms with Crippen molar-refractivity contribution in [1.82, 2.24) is 0 Å². The smallest absolute Gasteiger partial charge is 0.296 e. The molecule has 1 aliphatic rings. The molecule has 92 valence electrons. The maximum Gasteiger partial charge on any atom is 0.400 e. The van der Waals surface area contributed by atoms with E-state index in [1.54, 1.807) is 0 Å². The fourth-order valence-corrected chi connectivity index (χ4v) is 2.44. The van der Waals surface area contributed by atoms with Gasteiger partial charge in [-0.05, 0) is 23.8 Å². The Morgan fingerprint density at radius 2 is 1.71 bits per heavy atom. The lowest BCUT2D eigenvalue weighted by molar-refractivity contribution is -0.183. The molecule has 1 aliphatic heterocycles. The molecule has 0 spiro atoms. The Morgan fingerprint density at radius 1 is 1.12 bits per heavy atom. The van der Waals surface area contributed by atoms with Crippen LogP contribution in [0.1, 0.15) is 12.0 Å². The van der Waals surface area contributed by atoms with Crippen molar-refractivity contribution >= 4 is 29.4 Å². The molecule has 6 heteroatoms. The summed E-state index contributed by atoms with van der Waals surface area (Å²) in [6, 6.07) is 4.01. The molecule has 1 aromatic carbocycles.